The Kier molecular flexibility index (Phi) is 7.67. The van der Waals surface area contributed by atoms with Crippen molar-refractivity contribution >= 4 is 55.2 Å². The van der Waals surface area contributed by atoms with Crippen molar-refractivity contribution in [2.24, 2.45) is 0 Å². The molecule has 0 aliphatic rings. The predicted octanol–water partition coefficient (Wildman–Crippen LogP) is 7.41. The van der Waals surface area contributed by atoms with Crippen LogP contribution >= 0.6 is 0 Å². The minimum atomic E-state index is -1.67. The standard InChI is InChI=1S/C36H36N2O4/c1-3-5-19-37-29-13-9-7-11-25(29)27-21-23(15-17-31(27)37)33(39)35(41)36(42)34(40)24-16-18-32-28(22-24)26-12-8-10-14-30(26)38(32)20-6-4-2/h7-18,21-22,33-34,39-40H,3-6,19-20H2,1-2H3. The zero-order chi connectivity index (χ0) is 29.4. The molecule has 0 fully saturated rings. The lowest BCUT2D eigenvalue weighted by atomic mass is 9.95. The zero-order valence-corrected chi connectivity index (χ0v) is 24.1. The van der Waals surface area contributed by atoms with Gasteiger partial charge in [0.25, 0.3) is 0 Å². The second-order valence-corrected chi connectivity index (χ2v) is 11.1. The second kappa shape index (κ2) is 11.6. The Bertz CT molecular complexity index is 1810. The van der Waals surface area contributed by atoms with Crippen LogP contribution in [0.15, 0.2) is 84.9 Å². The fourth-order valence-electron chi connectivity index (χ4n) is 6.17. The number of aryl methyl sites for hydroxylation is 2. The zero-order valence-electron chi connectivity index (χ0n) is 24.1. The number of fused-ring (bicyclic) bond motifs is 6. The number of aromatic nitrogens is 2. The molecule has 0 amide bonds. The topological polar surface area (TPSA) is 84.5 Å². The number of hydrogen-bond acceptors (Lipinski definition) is 4. The van der Waals surface area contributed by atoms with Gasteiger partial charge in [-0.25, -0.2) is 0 Å². The number of aliphatic hydroxyl groups excluding tert-OH is 2. The number of unbranched alkanes of at least 4 members (excludes halogenated alkanes) is 2. The van der Waals surface area contributed by atoms with Crippen LogP contribution in [0.25, 0.3) is 43.6 Å². The molecule has 6 nitrogen and oxygen atoms in total. The van der Waals surface area contributed by atoms with Gasteiger partial charge in [0.2, 0.25) is 11.6 Å². The van der Waals surface area contributed by atoms with Crippen molar-refractivity contribution in [1.29, 1.82) is 0 Å². The molecule has 0 saturated carbocycles. The average molecular weight is 561 g/mol. The summed E-state index contributed by atoms with van der Waals surface area (Å²) < 4.78 is 4.52. The summed E-state index contributed by atoms with van der Waals surface area (Å²) in [5, 5.41) is 26.0. The van der Waals surface area contributed by atoms with Crippen molar-refractivity contribution in [2.75, 3.05) is 0 Å². The number of Topliss-reactive ketones (excluding diaryl/α,β-unsaturated/α-hetero) is 2. The number of aliphatic hydroxyl groups is 2. The number of nitrogens with zero attached hydrogens (tertiary/aromatic N) is 2. The molecule has 42 heavy (non-hydrogen) atoms. The molecule has 6 aromatic rings. The largest absolute Gasteiger partial charge is 0.380 e. The van der Waals surface area contributed by atoms with E-state index in [0.717, 1.165) is 82.4 Å². The Hall–Kier alpha value is -4.26. The minimum Gasteiger partial charge on any atom is -0.380 e. The van der Waals surface area contributed by atoms with E-state index in [-0.39, 0.29) is 0 Å². The number of para-hydroxylation sites is 2. The second-order valence-electron chi connectivity index (χ2n) is 11.1. The van der Waals surface area contributed by atoms with Crippen LogP contribution in [0.4, 0.5) is 0 Å². The van der Waals surface area contributed by atoms with Gasteiger partial charge in [-0.05, 0) is 60.4 Å². The fourth-order valence-corrected chi connectivity index (χ4v) is 6.17. The lowest BCUT2D eigenvalue weighted by Gasteiger charge is -2.14. The van der Waals surface area contributed by atoms with Crippen LogP contribution in [0.2, 0.25) is 0 Å². The molecule has 6 rings (SSSR count). The molecule has 0 spiro atoms. The van der Waals surface area contributed by atoms with E-state index in [9.17, 15) is 19.8 Å². The van der Waals surface area contributed by atoms with Gasteiger partial charge in [-0.2, -0.15) is 0 Å². The molecule has 214 valence electrons. The molecule has 2 atom stereocenters. The van der Waals surface area contributed by atoms with E-state index in [1.165, 1.54) is 0 Å². The quantitative estimate of drug-likeness (QED) is 0.162. The van der Waals surface area contributed by atoms with E-state index >= 15 is 0 Å². The van der Waals surface area contributed by atoms with Crippen LogP contribution in [0, 0.1) is 0 Å². The maximum absolute atomic E-state index is 13.2. The number of benzene rings is 4. The molecular weight excluding hydrogens is 524 g/mol. The molecule has 2 aromatic heterocycles. The molecule has 0 saturated heterocycles. The maximum Gasteiger partial charge on any atom is 0.234 e. The molecule has 0 radical (unpaired) electrons. The highest BCUT2D eigenvalue weighted by Gasteiger charge is 2.31. The van der Waals surface area contributed by atoms with Crippen molar-refractivity contribution in [3.8, 4) is 0 Å². The average Bonchev–Trinajstić information content (AvgIpc) is 3.52. The van der Waals surface area contributed by atoms with Gasteiger partial charge in [-0.1, -0.05) is 75.2 Å². The summed E-state index contributed by atoms with van der Waals surface area (Å²) in [7, 11) is 0. The summed E-state index contributed by atoms with van der Waals surface area (Å²) in [6.07, 6.45) is 0.861. The molecule has 4 aromatic carbocycles. The van der Waals surface area contributed by atoms with E-state index in [4.69, 9.17) is 0 Å². The lowest BCUT2D eigenvalue weighted by Crippen LogP contribution is -2.27. The Balaban J connectivity index is 1.31. The smallest absolute Gasteiger partial charge is 0.234 e. The Morgan fingerprint density at radius 3 is 1.36 bits per heavy atom. The third-order valence-corrected chi connectivity index (χ3v) is 8.43. The van der Waals surface area contributed by atoms with E-state index in [0.29, 0.717) is 11.1 Å². The molecule has 0 bridgehead atoms. The maximum atomic E-state index is 13.2. The van der Waals surface area contributed by atoms with Crippen LogP contribution in [0.3, 0.4) is 0 Å². The summed E-state index contributed by atoms with van der Waals surface area (Å²) >= 11 is 0. The lowest BCUT2D eigenvalue weighted by molar-refractivity contribution is -0.146. The van der Waals surface area contributed by atoms with Gasteiger partial charge >= 0.3 is 0 Å². The van der Waals surface area contributed by atoms with Crippen molar-refractivity contribution < 1.29 is 19.8 Å². The molecule has 2 unspecified atom stereocenters. The monoisotopic (exact) mass is 560 g/mol. The Morgan fingerprint density at radius 2 is 0.952 bits per heavy atom. The highest BCUT2D eigenvalue weighted by Crippen LogP contribution is 2.34. The highest BCUT2D eigenvalue weighted by atomic mass is 16.3. The van der Waals surface area contributed by atoms with Crippen LogP contribution in [0.5, 0.6) is 0 Å². The van der Waals surface area contributed by atoms with E-state index in [2.05, 4.69) is 35.1 Å². The molecular formula is C36H36N2O4. The van der Waals surface area contributed by atoms with Gasteiger partial charge in [-0.3, -0.25) is 9.59 Å². The van der Waals surface area contributed by atoms with Gasteiger partial charge < -0.3 is 19.3 Å². The first-order chi connectivity index (χ1) is 20.4. The van der Waals surface area contributed by atoms with Crippen molar-refractivity contribution in [3.05, 3.63) is 96.1 Å². The van der Waals surface area contributed by atoms with Crippen LogP contribution in [0.1, 0.15) is 62.9 Å². The fraction of sp³-hybridized carbons (Fsp3) is 0.278. The van der Waals surface area contributed by atoms with Gasteiger partial charge in [-0.15, -0.1) is 0 Å². The van der Waals surface area contributed by atoms with Crippen molar-refractivity contribution in [1.82, 2.24) is 9.13 Å². The first kappa shape index (κ1) is 27.9. The van der Waals surface area contributed by atoms with E-state index < -0.39 is 23.8 Å². The SMILES string of the molecule is CCCCn1c2ccccc2c2cc(C(O)C(=O)C(=O)C(O)c3ccc4c(c3)c3ccccc3n4CCCC)ccc21. The summed E-state index contributed by atoms with van der Waals surface area (Å²) in [6, 6.07) is 26.9. The van der Waals surface area contributed by atoms with Crippen molar-refractivity contribution in [2.45, 2.75) is 64.8 Å². The molecule has 0 aliphatic heterocycles. The van der Waals surface area contributed by atoms with Gasteiger partial charge in [0.15, 0.2) is 0 Å². The summed E-state index contributed by atoms with van der Waals surface area (Å²) in [6.45, 7) is 6.05. The Labute approximate surface area is 244 Å². The predicted molar refractivity (Wildman–Crippen MR) is 169 cm³/mol. The van der Waals surface area contributed by atoms with Crippen LogP contribution in [-0.4, -0.2) is 30.9 Å². The van der Waals surface area contributed by atoms with E-state index in [1.807, 2.05) is 48.5 Å². The molecule has 2 heterocycles. The molecule has 2 N–H and O–H groups in total. The van der Waals surface area contributed by atoms with Gasteiger partial charge in [0, 0.05) is 56.7 Å². The normalized spacial score (nSPS) is 13.3. The number of rotatable bonds is 11. The third kappa shape index (κ3) is 4.71. The summed E-state index contributed by atoms with van der Waals surface area (Å²) in [5.74, 6) is -2.05. The Morgan fingerprint density at radius 1 is 0.571 bits per heavy atom. The first-order valence-corrected chi connectivity index (χ1v) is 14.9. The number of hydrogen-bond donors (Lipinski definition) is 2. The third-order valence-electron chi connectivity index (χ3n) is 8.43. The molecule has 0 aliphatic carbocycles. The number of carbonyl (C=O) groups excluding carboxylic acids is 2. The van der Waals surface area contributed by atoms with Gasteiger partial charge in [0.1, 0.15) is 12.2 Å². The number of ketones is 2. The first-order valence-electron chi connectivity index (χ1n) is 14.9. The van der Waals surface area contributed by atoms with Crippen LogP contribution < -0.4 is 0 Å². The minimum absolute atomic E-state index is 0.334. The van der Waals surface area contributed by atoms with Gasteiger partial charge in [0.05, 0.1) is 0 Å². The highest BCUT2D eigenvalue weighted by molar-refractivity contribution is 6.40. The van der Waals surface area contributed by atoms with E-state index in [1.54, 1.807) is 24.3 Å². The van der Waals surface area contributed by atoms with Crippen molar-refractivity contribution in [3.63, 3.8) is 0 Å². The summed E-state index contributed by atoms with van der Waals surface area (Å²) in [4.78, 5) is 26.5. The summed E-state index contributed by atoms with van der Waals surface area (Å²) in [5.41, 5.74) is 4.90. The molecule has 6 heteroatoms. The number of carbonyl (C=O) groups is 2. The van der Waals surface area contributed by atoms with Crippen LogP contribution in [-0.2, 0) is 22.7 Å².